The molecule has 1 aliphatic heterocycles. The van der Waals surface area contributed by atoms with Crippen LogP contribution in [0, 0.1) is 0 Å². The van der Waals surface area contributed by atoms with Crippen molar-refractivity contribution in [2.45, 2.75) is 19.6 Å². The smallest absolute Gasteiger partial charge is 0.243 e. The molecule has 0 saturated carbocycles. The Labute approximate surface area is 149 Å². The monoisotopic (exact) mass is 384 g/mol. The average molecular weight is 385 g/mol. The largest absolute Gasteiger partial charge is 0.444 e. The molecule has 1 aliphatic rings. The maximum absolute atomic E-state index is 12.0. The number of hydrogen-bond acceptors (Lipinski definition) is 3. The van der Waals surface area contributed by atoms with Gasteiger partial charge in [-0.2, -0.15) is 5.01 Å². The third-order valence-electron chi connectivity index (χ3n) is 3.67. The van der Waals surface area contributed by atoms with Crippen molar-refractivity contribution in [2.75, 3.05) is 0 Å². The second-order valence-electron chi connectivity index (χ2n) is 5.65. The van der Waals surface area contributed by atoms with Crippen LogP contribution in [0.4, 0.5) is 0 Å². The van der Waals surface area contributed by atoms with Gasteiger partial charge in [0.05, 0.1) is 0 Å². The fourth-order valence-corrected chi connectivity index (χ4v) is 2.89. The van der Waals surface area contributed by atoms with Crippen molar-refractivity contribution in [1.29, 1.82) is 0 Å². The van der Waals surface area contributed by atoms with Crippen molar-refractivity contribution >= 4 is 33.8 Å². The molecule has 0 spiro atoms. The molecule has 0 bridgehead atoms. The van der Waals surface area contributed by atoms with E-state index >= 15 is 0 Å². The van der Waals surface area contributed by atoms with E-state index in [1.807, 2.05) is 73.7 Å². The van der Waals surface area contributed by atoms with E-state index in [4.69, 9.17) is 4.74 Å². The number of amides is 1. The molecule has 24 heavy (non-hydrogen) atoms. The van der Waals surface area contributed by atoms with Crippen molar-refractivity contribution < 1.29 is 9.53 Å². The highest BCUT2D eigenvalue weighted by atomic mass is 79.9. The summed E-state index contributed by atoms with van der Waals surface area (Å²) in [6.45, 7) is 3.30. The standard InChI is InChI=1S/C19H17BrN2O2/c1-14(23)22-19(2,12-11-15-7-4-3-5-8-15)24-18(21-22)16-9-6-10-17(20)13-16/h3-13H,1-2H3/b12-11+/t19-/m0/s1. The summed E-state index contributed by atoms with van der Waals surface area (Å²) in [5.41, 5.74) is 0.883. The lowest BCUT2D eigenvalue weighted by Gasteiger charge is -2.27. The molecule has 0 unspecified atom stereocenters. The molecule has 0 aliphatic carbocycles. The fraction of sp³-hybridized carbons (Fsp3) is 0.158. The maximum atomic E-state index is 12.0. The summed E-state index contributed by atoms with van der Waals surface area (Å²) in [4.78, 5) is 12.0. The van der Waals surface area contributed by atoms with Gasteiger partial charge in [-0.25, -0.2) is 0 Å². The second kappa shape index (κ2) is 6.61. The highest BCUT2D eigenvalue weighted by Gasteiger charge is 2.41. The summed E-state index contributed by atoms with van der Waals surface area (Å²) in [5, 5.41) is 5.73. The highest BCUT2D eigenvalue weighted by molar-refractivity contribution is 9.10. The maximum Gasteiger partial charge on any atom is 0.243 e. The molecular weight excluding hydrogens is 368 g/mol. The number of nitrogens with zero attached hydrogens (tertiary/aromatic N) is 2. The Kier molecular flexibility index (Phi) is 4.53. The predicted molar refractivity (Wildman–Crippen MR) is 98.2 cm³/mol. The molecule has 5 heteroatoms. The van der Waals surface area contributed by atoms with E-state index < -0.39 is 5.72 Å². The van der Waals surface area contributed by atoms with Crippen LogP contribution in [0.3, 0.4) is 0 Å². The van der Waals surface area contributed by atoms with Gasteiger partial charge < -0.3 is 4.74 Å². The fourth-order valence-electron chi connectivity index (χ4n) is 2.49. The SMILES string of the molecule is CC(=O)N1N=C(c2cccc(Br)c2)O[C@@]1(C)/C=C/c1ccccc1. The van der Waals surface area contributed by atoms with Crippen LogP contribution in [0.15, 0.2) is 70.2 Å². The van der Waals surface area contributed by atoms with Crippen molar-refractivity contribution in [3.63, 3.8) is 0 Å². The van der Waals surface area contributed by atoms with E-state index in [1.54, 1.807) is 0 Å². The van der Waals surface area contributed by atoms with Gasteiger partial charge in [0, 0.05) is 23.9 Å². The molecular formula is C19H17BrN2O2. The summed E-state index contributed by atoms with van der Waals surface area (Å²) < 4.78 is 6.96. The minimum Gasteiger partial charge on any atom is -0.444 e. The minimum atomic E-state index is -0.959. The zero-order valence-electron chi connectivity index (χ0n) is 13.4. The van der Waals surface area contributed by atoms with Crippen molar-refractivity contribution in [2.24, 2.45) is 5.10 Å². The summed E-state index contributed by atoms with van der Waals surface area (Å²) in [7, 11) is 0. The predicted octanol–water partition coefficient (Wildman–Crippen LogP) is 4.42. The third kappa shape index (κ3) is 3.41. The van der Waals surface area contributed by atoms with Crippen LogP contribution in [-0.2, 0) is 9.53 Å². The number of carbonyl (C=O) groups excluding carboxylic acids is 1. The van der Waals surface area contributed by atoms with Gasteiger partial charge in [0.15, 0.2) is 0 Å². The first kappa shape index (κ1) is 16.5. The van der Waals surface area contributed by atoms with E-state index in [2.05, 4.69) is 21.0 Å². The molecule has 0 aromatic heterocycles. The van der Waals surface area contributed by atoms with Crippen LogP contribution < -0.4 is 0 Å². The van der Waals surface area contributed by atoms with Crippen LogP contribution >= 0.6 is 15.9 Å². The summed E-state index contributed by atoms with van der Waals surface area (Å²) in [5.74, 6) is 0.243. The lowest BCUT2D eigenvalue weighted by atomic mass is 10.1. The number of benzene rings is 2. The Morgan fingerprint density at radius 3 is 2.62 bits per heavy atom. The zero-order valence-corrected chi connectivity index (χ0v) is 15.0. The Bertz CT molecular complexity index is 817. The summed E-state index contributed by atoms with van der Waals surface area (Å²) in [6, 6.07) is 17.5. The Balaban J connectivity index is 1.91. The van der Waals surface area contributed by atoms with Crippen molar-refractivity contribution in [1.82, 2.24) is 5.01 Å². The molecule has 2 aromatic rings. The molecule has 4 nitrogen and oxygen atoms in total. The quantitative estimate of drug-likeness (QED) is 0.785. The van der Waals surface area contributed by atoms with Gasteiger partial charge in [0.2, 0.25) is 17.5 Å². The van der Waals surface area contributed by atoms with Gasteiger partial charge in [-0.1, -0.05) is 58.4 Å². The van der Waals surface area contributed by atoms with Gasteiger partial charge in [-0.3, -0.25) is 4.79 Å². The number of halogens is 1. The third-order valence-corrected chi connectivity index (χ3v) is 4.16. The van der Waals surface area contributed by atoms with Gasteiger partial charge >= 0.3 is 0 Å². The Morgan fingerprint density at radius 1 is 1.21 bits per heavy atom. The highest BCUT2D eigenvalue weighted by Crippen LogP contribution is 2.30. The molecule has 0 N–H and O–H groups in total. The van der Waals surface area contributed by atoms with E-state index in [9.17, 15) is 4.79 Å². The molecule has 1 atom stereocenters. The molecule has 122 valence electrons. The number of hydrazone groups is 1. The van der Waals surface area contributed by atoms with E-state index in [0.717, 1.165) is 15.6 Å². The summed E-state index contributed by atoms with van der Waals surface area (Å²) in [6.07, 6.45) is 3.77. The Morgan fingerprint density at radius 2 is 1.96 bits per heavy atom. The first-order valence-corrected chi connectivity index (χ1v) is 8.36. The van der Waals surface area contributed by atoms with E-state index in [0.29, 0.717) is 5.90 Å². The van der Waals surface area contributed by atoms with Crippen LogP contribution in [0.1, 0.15) is 25.0 Å². The van der Waals surface area contributed by atoms with E-state index in [-0.39, 0.29) is 5.91 Å². The zero-order chi connectivity index (χ0) is 17.2. The van der Waals surface area contributed by atoms with E-state index in [1.165, 1.54) is 11.9 Å². The molecule has 3 rings (SSSR count). The molecule has 0 saturated heterocycles. The number of rotatable bonds is 3. The van der Waals surface area contributed by atoms with Crippen molar-refractivity contribution in [3.05, 3.63) is 76.3 Å². The lowest BCUT2D eigenvalue weighted by Crippen LogP contribution is -2.42. The van der Waals surface area contributed by atoms with Crippen LogP contribution in [0.25, 0.3) is 6.08 Å². The average Bonchev–Trinajstić information content (AvgIpc) is 2.93. The molecule has 2 aromatic carbocycles. The molecule has 1 heterocycles. The van der Waals surface area contributed by atoms with Gasteiger partial charge in [0.1, 0.15) is 0 Å². The van der Waals surface area contributed by atoms with Gasteiger partial charge in [-0.15, -0.1) is 5.10 Å². The molecule has 0 fully saturated rings. The lowest BCUT2D eigenvalue weighted by molar-refractivity contribution is -0.139. The van der Waals surface area contributed by atoms with Gasteiger partial charge in [0.25, 0.3) is 0 Å². The first-order valence-electron chi connectivity index (χ1n) is 7.56. The topological polar surface area (TPSA) is 41.9 Å². The number of carbonyl (C=O) groups is 1. The van der Waals surface area contributed by atoms with Crippen LogP contribution in [-0.4, -0.2) is 22.5 Å². The molecule has 0 radical (unpaired) electrons. The van der Waals surface area contributed by atoms with Gasteiger partial charge in [-0.05, 0) is 29.8 Å². The number of hydrogen-bond donors (Lipinski definition) is 0. The summed E-state index contributed by atoms with van der Waals surface area (Å²) >= 11 is 3.44. The minimum absolute atomic E-state index is 0.180. The van der Waals surface area contributed by atoms with Crippen LogP contribution in [0.5, 0.6) is 0 Å². The second-order valence-corrected chi connectivity index (χ2v) is 6.56. The molecule has 1 amide bonds. The normalized spacial score (nSPS) is 20.1. The Hall–Kier alpha value is -2.40. The number of ether oxygens (including phenoxy) is 1. The first-order chi connectivity index (χ1) is 11.5. The van der Waals surface area contributed by atoms with Crippen molar-refractivity contribution in [3.8, 4) is 0 Å². The van der Waals surface area contributed by atoms with Crippen LogP contribution in [0.2, 0.25) is 0 Å².